The van der Waals surface area contributed by atoms with Gasteiger partial charge in [0.05, 0.1) is 6.61 Å². The molecule has 1 aromatic carbocycles. The molecule has 0 radical (unpaired) electrons. The van der Waals surface area contributed by atoms with E-state index in [1.54, 1.807) is 0 Å². The van der Waals surface area contributed by atoms with Crippen molar-refractivity contribution in [1.82, 2.24) is 0 Å². The van der Waals surface area contributed by atoms with Crippen molar-refractivity contribution in [2.45, 2.75) is 32.3 Å². The second-order valence-electron chi connectivity index (χ2n) is 3.86. The molecule has 17 heavy (non-hydrogen) atoms. The van der Waals surface area contributed by atoms with E-state index < -0.39 is 0 Å². The van der Waals surface area contributed by atoms with Crippen LogP contribution >= 0.6 is 0 Å². The van der Waals surface area contributed by atoms with Gasteiger partial charge in [-0.2, -0.15) is 0 Å². The Hall–Kier alpha value is -1.30. The summed E-state index contributed by atoms with van der Waals surface area (Å²) in [6.45, 7) is 1.48. The maximum absolute atomic E-state index is 8.45. The summed E-state index contributed by atoms with van der Waals surface area (Å²) < 4.78 is 5.57. The molecule has 0 aliphatic rings. The van der Waals surface area contributed by atoms with E-state index in [9.17, 15) is 0 Å². The molecule has 1 N–H and O–H groups in total. The topological polar surface area (TPSA) is 29.5 Å². The number of unbranched alkanes of at least 4 members (excludes halogenated alkanes) is 3. The van der Waals surface area contributed by atoms with Crippen LogP contribution in [0.25, 0.3) is 0 Å². The number of aliphatic hydroxyl groups is 1. The number of ether oxygens (including phenoxy) is 1. The summed E-state index contributed by atoms with van der Waals surface area (Å²) in [6.07, 6.45) is 4.17. The van der Waals surface area contributed by atoms with Crippen LogP contribution in [0.2, 0.25) is 0 Å². The van der Waals surface area contributed by atoms with Gasteiger partial charge in [-0.25, -0.2) is 0 Å². The summed E-state index contributed by atoms with van der Waals surface area (Å²) in [5, 5.41) is 8.45. The molecule has 1 aromatic rings. The van der Waals surface area contributed by atoms with E-state index in [0.29, 0.717) is 6.61 Å². The number of hydrogen-bond donors (Lipinski definition) is 1. The first-order valence-corrected chi connectivity index (χ1v) is 6.11. The van der Waals surface area contributed by atoms with E-state index in [2.05, 4.69) is 24.0 Å². The first-order valence-electron chi connectivity index (χ1n) is 6.11. The summed E-state index contributed by atoms with van der Waals surface area (Å²) in [7, 11) is 0. The fourth-order valence-corrected chi connectivity index (χ4v) is 1.50. The highest BCUT2D eigenvalue weighted by Crippen LogP contribution is 2.03. The number of hydrogen-bond acceptors (Lipinski definition) is 2. The van der Waals surface area contributed by atoms with E-state index in [1.807, 2.05) is 18.2 Å². The van der Waals surface area contributed by atoms with Gasteiger partial charge in [0, 0.05) is 13.0 Å². The zero-order valence-corrected chi connectivity index (χ0v) is 10.2. The molecule has 0 bridgehead atoms. The number of benzene rings is 1. The van der Waals surface area contributed by atoms with Crippen LogP contribution in [-0.2, 0) is 11.3 Å². The summed E-state index contributed by atoms with van der Waals surface area (Å²) in [5.41, 5.74) is 1.22. The quantitative estimate of drug-likeness (QED) is 0.578. The Kier molecular flexibility index (Phi) is 8.01. The summed E-state index contributed by atoms with van der Waals surface area (Å²) in [6, 6.07) is 10.2. The van der Waals surface area contributed by atoms with Crippen molar-refractivity contribution < 1.29 is 9.84 Å². The van der Waals surface area contributed by atoms with Crippen molar-refractivity contribution in [2.75, 3.05) is 13.2 Å². The standard InChI is InChI=1S/C15H20O2/c16-12-8-3-1-2-4-9-13-17-14-15-10-6-5-7-11-15/h5-7,10-11,16H,1-2,4,9,12-14H2. The molecule has 0 saturated carbocycles. The number of aliphatic hydroxyl groups excluding tert-OH is 1. The van der Waals surface area contributed by atoms with Crippen LogP contribution in [0.1, 0.15) is 31.2 Å². The van der Waals surface area contributed by atoms with Crippen molar-refractivity contribution >= 4 is 0 Å². The molecule has 0 heterocycles. The fraction of sp³-hybridized carbons (Fsp3) is 0.467. The van der Waals surface area contributed by atoms with Gasteiger partial charge in [-0.1, -0.05) is 42.7 Å². The minimum atomic E-state index is -0.0276. The maximum Gasteiger partial charge on any atom is 0.104 e. The van der Waals surface area contributed by atoms with Gasteiger partial charge in [0.2, 0.25) is 0 Å². The molecule has 0 aromatic heterocycles. The van der Waals surface area contributed by atoms with Gasteiger partial charge in [-0.3, -0.25) is 0 Å². The Morgan fingerprint density at radius 3 is 2.59 bits per heavy atom. The van der Waals surface area contributed by atoms with Gasteiger partial charge in [-0.05, 0) is 18.4 Å². The van der Waals surface area contributed by atoms with Crippen LogP contribution in [0.5, 0.6) is 0 Å². The lowest BCUT2D eigenvalue weighted by molar-refractivity contribution is 0.117. The Morgan fingerprint density at radius 1 is 1.00 bits per heavy atom. The average Bonchev–Trinajstić information content (AvgIpc) is 2.38. The molecular weight excluding hydrogens is 212 g/mol. The highest BCUT2D eigenvalue weighted by molar-refractivity contribution is 5.13. The van der Waals surface area contributed by atoms with Gasteiger partial charge < -0.3 is 9.84 Å². The zero-order chi connectivity index (χ0) is 12.2. The lowest BCUT2D eigenvalue weighted by atomic mass is 10.2. The Balaban J connectivity index is 1.91. The lowest BCUT2D eigenvalue weighted by Gasteiger charge is -2.03. The summed E-state index contributed by atoms with van der Waals surface area (Å²) in [4.78, 5) is 0. The third-order valence-corrected chi connectivity index (χ3v) is 2.41. The van der Waals surface area contributed by atoms with E-state index >= 15 is 0 Å². The summed E-state index contributed by atoms with van der Waals surface area (Å²) >= 11 is 0. The second-order valence-corrected chi connectivity index (χ2v) is 3.86. The molecule has 0 atom stereocenters. The monoisotopic (exact) mass is 232 g/mol. The summed E-state index contributed by atoms with van der Waals surface area (Å²) in [5.74, 6) is 5.56. The van der Waals surface area contributed by atoms with Gasteiger partial charge in [-0.15, -0.1) is 5.92 Å². The average molecular weight is 232 g/mol. The second kappa shape index (κ2) is 9.89. The molecule has 92 valence electrons. The number of rotatable bonds is 7. The zero-order valence-electron chi connectivity index (χ0n) is 10.2. The van der Waals surface area contributed by atoms with Gasteiger partial charge in [0.1, 0.15) is 6.61 Å². The van der Waals surface area contributed by atoms with Crippen LogP contribution in [-0.4, -0.2) is 18.3 Å². The molecular formula is C15H20O2. The highest BCUT2D eigenvalue weighted by atomic mass is 16.5. The van der Waals surface area contributed by atoms with Crippen LogP contribution in [0.15, 0.2) is 30.3 Å². The van der Waals surface area contributed by atoms with Crippen LogP contribution < -0.4 is 0 Å². The first-order chi connectivity index (χ1) is 8.43. The van der Waals surface area contributed by atoms with Crippen LogP contribution in [0.3, 0.4) is 0 Å². The van der Waals surface area contributed by atoms with E-state index in [-0.39, 0.29) is 6.61 Å². The molecule has 0 aliphatic carbocycles. The predicted molar refractivity (Wildman–Crippen MR) is 69.4 cm³/mol. The van der Waals surface area contributed by atoms with Gasteiger partial charge in [0.15, 0.2) is 0 Å². The van der Waals surface area contributed by atoms with Gasteiger partial charge in [0.25, 0.3) is 0 Å². The minimum absolute atomic E-state index is 0.0276. The fourth-order valence-electron chi connectivity index (χ4n) is 1.50. The molecule has 0 unspecified atom stereocenters. The first kappa shape index (κ1) is 13.8. The molecule has 0 fully saturated rings. The smallest absolute Gasteiger partial charge is 0.104 e. The Morgan fingerprint density at radius 2 is 1.82 bits per heavy atom. The predicted octanol–water partition coefficient (Wildman–Crippen LogP) is 2.76. The molecule has 2 nitrogen and oxygen atoms in total. The molecule has 0 aliphatic heterocycles. The maximum atomic E-state index is 8.45. The normalized spacial score (nSPS) is 9.71. The third-order valence-electron chi connectivity index (χ3n) is 2.41. The third kappa shape index (κ3) is 7.57. The molecule has 1 rings (SSSR count). The molecule has 0 saturated heterocycles. The van der Waals surface area contributed by atoms with E-state index in [4.69, 9.17) is 9.84 Å². The van der Waals surface area contributed by atoms with E-state index in [1.165, 1.54) is 5.56 Å². The van der Waals surface area contributed by atoms with Crippen LogP contribution in [0.4, 0.5) is 0 Å². The van der Waals surface area contributed by atoms with Crippen molar-refractivity contribution in [3.05, 3.63) is 35.9 Å². The SMILES string of the molecule is OCC#CCCCCCOCc1ccccc1. The Bertz CT molecular complexity index is 335. The van der Waals surface area contributed by atoms with Gasteiger partial charge >= 0.3 is 0 Å². The van der Waals surface area contributed by atoms with Crippen molar-refractivity contribution in [2.24, 2.45) is 0 Å². The lowest BCUT2D eigenvalue weighted by Crippen LogP contribution is -1.95. The minimum Gasteiger partial charge on any atom is -0.384 e. The van der Waals surface area contributed by atoms with E-state index in [0.717, 1.165) is 32.3 Å². The van der Waals surface area contributed by atoms with Crippen LogP contribution in [0, 0.1) is 11.8 Å². The van der Waals surface area contributed by atoms with Crippen molar-refractivity contribution in [1.29, 1.82) is 0 Å². The van der Waals surface area contributed by atoms with Crippen molar-refractivity contribution in [3.8, 4) is 11.8 Å². The highest BCUT2D eigenvalue weighted by Gasteiger charge is 1.92. The Labute approximate surface area is 104 Å². The molecule has 0 spiro atoms. The molecule has 0 amide bonds. The molecule has 2 heteroatoms. The van der Waals surface area contributed by atoms with Crippen molar-refractivity contribution in [3.63, 3.8) is 0 Å². The largest absolute Gasteiger partial charge is 0.384 e.